The van der Waals surface area contributed by atoms with Crippen molar-refractivity contribution in [2.75, 3.05) is 47.5 Å². The van der Waals surface area contributed by atoms with Crippen molar-refractivity contribution in [1.29, 1.82) is 0 Å². The smallest absolute Gasteiger partial charge is 0.462 e. The fraction of sp³-hybridized carbons (Fsp3) is 0.750. The van der Waals surface area contributed by atoms with Crippen molar-refractivity contribution in [3.05, 3.63) is 60.8 Å². The first kappa shape index (κ1) is 55.7. The van der Waals surface area contributed by atoms with E-state index in [2.05, 4.69) is 74.6 Å². The molecule has 0 aliphatic rings. The second-order valence-corrected chi connectivity index (χ2v) is 17.9. The predicted octanol–water partition coefficient (Wildman–Crippen LogP) is 13.2. The molecule has 336 valence electrons. The number of nitrogens with zero attached hydrogens (tertiary/aromatic N) is 1. The van der Waals surface area contributed by atoms with Crippen molar-refractivity contribution in [3.63, 3.8) is 0 Å². The standard InChI is InChI=1S/C48H86NO8P/c1-6-8-10-12-14-16-18-20-22-23-24-25-27-28-30-32-34-36-38-40-47(50)54-44-46(45-56-58(52,53)55-43-42-49(3,4)5)57-48(51)41-39-37-35-33-31-29-26-21-19-17-15-13-11-9-7-2/h14,16-17,19-20,22,24-25,28,30,46H,6-13,15,18,21,23,26-27,29,31-45H2,1-5H3/p+1/b16-14-,19-17-,22-20-,25-24-,30-28-/t46-/m1/s1. The lowest BCUT2D eigenvalue weighted by Crippen LogP contribution is -2.37. The summed E-state index contributed by atoms with van der Waals surface area (Å²) < 4.78 is 34.3. The van der Waals surface area contributed by atoms with E-state index in [4.69, 9.17) is 18.5 Å². The van der Waals surface area contributed by atoms with Crippen LogP contribution in [0.5, 0.6) is 0 Å². The largest absolute Gasteiger partial charge is 0.472 e. The Morgan fingerprint density at radius 2 is 0.931 bits per heavy atom. The van der Waals surface area contributed by atoms with Gasteiger partial charge in [0.05, 0.1) is 27.7 Å². The molecule has 1 N–H and O–H groups in total. The number of carbonyl (C=O) groups excluding carboxylic acids is 2. The molecule has 0 amide bonds. The van der Waals surface area contributed by atoms with Gasteiger partial charge < -0.3 is 18.9 Å². The first-order valence-electron chi connectivity index (χ1n) is 23.0. The van der Waals surface area contributed by atoms with Crippen LogP contribution in [0, 0.1) is 0 Å². The van der Waals surface area contributed by atoms with Crippen LogP contribution in [0.3, 0.4) is 0 Å². The van der Waals surface area contributed by atoms with E-state index in [1.54, 1.807) is 0 Å². The summed E-state index contributed by atoms with van der Waals surface area (Å²) in [6.45, 7) is 4.33. The molecule has 2 atom stereocenters. The number of unbranched alkanes of at least 4 members (excludes halogenated alkanes) is 17. The van der Waals surface area contributed by atoms with E-state index in [0.29, 0.717) is 23.9 Å². The number of phosphoric acid groups is 1. The van der Waals surface area contributed by atoms with Crippen LogP contribution in [0.4, 0.5) is 0 Å². The highest BCUT2D eigenvalue weighted by Gasteiger charge is 2.27. The maximum atomic E-state index is 12.7. The zero-order valence-electron chi connectivity index (χ0n) is 37.8. The Kier molecular flexibility index (Phi) is 38.5. The molecule has 0 bridgehead atoms. The molecule has 58 heavy (non-hydrogen) atoms. The first-order valence-corrected chi connectivity index (χ1v) is 24.5. The number of quaternary nitrogens is 1. The molecule has 0 rings (SSSR count). The number of carbonyl (C=O) groups is 2. The van der Waals surface area contributed by atoms with E-state index >= 15 is 0 Å². The molecule has 0 saturated heterocycles. The molecule has 0 saturated carbocycles. The van der Waals surface area contributed by atoms with Crippen LogP contribution < -0.4 is 0 Å². The zero-order valence-corrected chi connectivity index (χ0v) is 38.7. The molecule has 0 aromatic carbocycles. The highest BCUT2D eigenvalue weighted by Crippen LogP contribution is 2.43. The summed E-state index contributed by atoms with van der Waals surface area (Å²) >= 11 is 0. The van der Waals surface area contributed by atoms with Gasteiger partial charge in [0.1, 0.15) is 19.8 Å². The summed E-state index contributed by atoms with van der Waals surface area (Å²) in [5, 5.41) is 0. The summed E-state index contributed by atoms with van der Waals surface area (Å²) in [5.41, 5.74) is 0. The topological polar surface area (TPSA) is 108 Å². The van der Waals surface area contributed by atoms with Crippen molar-refractivity contribution < 1.29 is 42.1 Å². The summed E-state index contributed by atoms with van der Waals surface area (Å²) in [6.07, 6.45) is 48.3. The van der Waals surface area contributed by atoms with Gasteiger partial charge in [0, 0.05) is 12.8 Å². The van der Waals surface area contributed by atoms with Gasteiger partial charge in [0.2, 0.25) is 0 Å². The molecule has 0 fully saturated rings. The number of hydrogen-bond donors (Lipinski definition) is 1. The highest BCUT2D eigenvalue weighted by atomic mass is 31.2. The van der Waals surface area contributed by atoms with Crippen molar-refractivity contribution >= 4 is 19.8 Å². The maximum absolute atomic E-state index is 12.7. The Bertz CT molecular complexity index is 1170. The SMILES string of the molecule is CCCCC/C=C\C/C=C\C/C=C\C/C=C\CCCCCC(=O)OC[C@H](COP(=O)(O)OCC[N+](C)(C)C)OC(=O)CCCCCCCCC/C=C\CCCCCC. The Morgan fingerprint density at radius 1 is 0.534 bits per heavy atom. The third-order valence-electron chi connectivity index (χ3n) is 9.52. The predicted molar refractivity (Wildman–Crippen MR) is 243 cm³/mol. The highest BCUT2D eigenvalue weighted by molar-refractivity contribution is 7.47. The molecule has 0 radical (unpaired) electrons. The zero-order chi connectivity index (χ0) is 42.8. The number of hydrogen-bond acceptors (Lipinski definition) is 7. The van der Waals surface area contributed by atoms with Gasteiger partial charge in [-0.2, -0.15) is 0 Å². The summed E-state index contributed by atoms with van der Waals surface area (Å²) in [4.78, 5) is 35.4. The molecule has 0 aromatic rings. The number of allylic oxidation sites excluding steroid dienone is 10. The Balaban J connectivity index is 4.41. The maximum Gasteiger partial charge on any atom is 0.472 e. The van der Waals surface area contributed by atoms with Crippen LogP contribution in [0.2, 0.25) is 0 Å². The Hall–Kier alpha value is -2.29. The van der Waals surface area contributed by atoms with E-state index in [0.717, 1.165) is 64.2 Å². The average Bonchev–Trinajstić information content (AvgIpc) is 3.17. The summed E-state index contributed by atoms with van der Waals surface area (Å²) in [5.74, 6) is -0.842. The average molecular weight is 837 g/mol. The summed E-state index contributed by atoms with van der Waals surface area (Å²) in [7, 11) is 1.45. The van der Waals surface area contributed by atoms with Gasteiger partial charge in [0.15, 0.2) is 6.10 Å². The molecular weight excluding hydrogens is 750 g/mol. The minimum atomic E-state index is -4.39. The van der Waals surface area contributed by atoms with E-state index in [1.165, 1.54) is 77.0 Å². The monoisotopic (exact) mass is 837 g/mol. The minimum Gasteiger partial charge on any atom is -0.462 e. The third-order valence-corrected chi connectivity index (χ3v) is 10.5. The van der Waals surface area contributed by atoms with Crippen LogP contribution in [-0.2, 0) is 32.7 Å². The van der Waals surface area contributed by atoms with E-state index in [-0.39, 0.29) is 26.1 Å². The molecule has 1 unspecified atom stereocenters. The number of rotatable bonds is 41. The van der Waals surface area contributed by atoms with Crippen LogP contribution >= 0.6 is 7.82 Å². The second kappa shape index (κ2) is 40.1. The van der Waals surface area contributed by atoms with Crippen molar-refractivity contribution in [3.8, 4) is 0 Å². The molecular formula is C48H87NO8P+. The van der Waals surface area contributed by atoms with Crippen molar-refractivity contribution in [2.24, 2.45) is 0 Å². The van der Waals surface area contributed by atoms with Crippen molar-refractivity contribution in [1.82, 2.24) is 0 Å². The Morgan fingerprint density at radius 3 is 1.45 bits per heavy atom. The van der Waals surface area contributed by atoms with Crippen LogP contribution in [0.1, 0.15) is 181 Å². The van der Waals surface area contributed by atoms with Gasteiger partial charge in [-0.15, -0.1) is 0 Å². The van der Waals surface area contributed by atoms with Crippen LogP contribution in [-0.4, -0.2) is 74.9 Å². The van der Waals surface area contributed by atoms with Gasteiger partial charge >= 0.3 is 19.8 Å². The number of phosphoric ester groups is 1. The van der Waals surface area contributed by atoms with Gasteiger partial charge in [-0.05, 0) is 83.5 Å². The van der Waals surface area contributed by atoms with E-state index < -0.39 is 32.5 Å². The minimum absolute atomic E-state index is 0.0232. The number of esters is 2. The fourth-order valence-electron chi connectivity index (χ4n) is 5.87. The normalized spacial score (nSPS) is 14.1. The van der Waals surface area contributed by atoms with E-state index in [9.17, 15) is 19.0 Å². The van der Waals surface area contributed by atoms with Crippen LogP contribution in [0.15, 0.2) is 60.8 Å². The van der Waals surface area contributed by atoms with Crippen molar-refractivity contribution in [2.45, 2.75) is 187 Å². The quantitative estimate of drug-likeness (QED) is 0.0213. The van der Waals surface area contributed by atoms with Crippen LogP contribution in [0.25, 0.3) is 0 Å². The summed E-state index contributed by atoms with van der Waals surface area (Å²) in [6, 6.07) is 0. The molecule has 0 heterocycles. The first-order chi connectivity index (χ1) is 28.0. The Labute approximate surface area is 356 Å². The third kappa shape index (κ3) is 43.3. The second-order valence-electron chi connectivity index (χ2n) is 16.4. The van der Waals surface area contributed by atoms with Gasteiger partial charge in [-0.25, -0.2) is 4.57 Å². The molecule has 0 aromatic heterocycles. The molecule has 0 aliphatic heterocycles. The molecule has 0 spiro atoms. The van der Waals surface area contributed by atoms with Gasteiger partial charge in [0.25, 0.3) is 0 Å². The molecule has 9 nitrogen and oxygen atoms in total. The van der Waals surface area contributed by atoms with Gasteiger partial charge in [-0.1, -0.05) is 145 Å². The molecule has 0 aliphatic carbocycles. The number of ether oxygens (including phenoxy) is 2. The van der Waals surface area contributed by atoms with Gasteiger partial charge in [-0.3, -0.25) is 18.6 Å². The molecule has 10 heteroatoms. The lowest BCUT2D eigenvalue weighted by molar-refractivity contribution is -0.870. The lowest BCUT2D eigenvalue weighted by atomic mass is 10.1. The fourth-order valence-corrected chi connectivity index (χ4v) is 6.61. The van der Waals surface area contributed by atoms with E-state index in [1.807, 2.05) is 21.1 Å². The number of likely N-dealkylation sites (N-methyl/N-ethyl adjacent to an activating group) is 1. The lowest BCUT2D eigenvalue weighted by Gasteiger charge is -2.24.